The van der Waals surface area contributed by atoms with E-state index in [0.717, 1.165) is 19.0 Å². The number of rotatable bonds is 2. The highest BCUT2D eigenvalue weighted by molar-refractivity contribution is 7.80. The number of likely N-dealkylation sites (tertiary alicyclic amines) is 1. The molecular formula is C8H16N2S. The molecule has 2 unspecified atom stereocenters. The van der Waals surface area contributed by atoms with Crippen molar-refractivity contribution in [2.75, 3.05) is 13.1 Å². The average Bonchev–Trinajstić information content (AvgIpc) is 2.34. The third-order valence-electron chi connectivity index (χ3n) is 2.41. The van der Waals surface area contributed by atoms with Crippen molar-refractivity contribution in [1.29, 1.82) is 0 Å². The van der Waals surface area contributed by atoms with Crippen LogP contribution in [0.4, 0.5) is 0 Å². The summed E-state index contributed by atoms with van der Waals surface area (Å²) < 4.78 is 0. The summed E-state index contributed by atoms with van der Waals surface area (Å²) in [6.07, 6.45) is 1.28. The van der Waals surface area contributed by atoms with Gasteiger partial charge >= 0.3 is 0 Å². The predicted molar refractivity (Wildman–Crippen MR) is 51.6 cm³/mol. The van der Waals surface area contributed by atoms with Crippen molar-refractivity contribution in [3.8, 4) is 0 Å². The zero-order chi connectivity index (χ0) is 8.43. The second-order valence-corrected chi connectivity index (χ2v) is 3.94. The van der Waals surface area contributed by atoms with Gasteiger partial charge in [-0.2, -0.15) is 0 Å². The Kier molecular flexibility index (Phi) is 2.84. The van der Waals surface area contributed by atoms with Gasteiger partial charge in [0, 0.05) is 6.54 Å². The van der Waals surface area contributed by atoms with Gasteiger partial charge in [0.25, 0.3) is 0 Å². The first-order chi connectivity index (χ1) is 5.11. The van der Waals surface area contributed by atoms with Crippen LogP contribution in [0.15, 0.2) is 0 Å². The minimum Gasteiger partial charge on any atom is -0.392 e. The Morgan fingerprint density at radius 3 is 2.73 bits per heavy atom. The van der Waals surface area contributed by atoms with Crippen LogP contribution in [-0.2, 0) is 0 Å². The Hall–Kier alpha value is -0.150. The van der Waals surface area contributed by atoms with Gasteiger partial charge in [-0.3, -0.25) is 4.90 Å². The summed E-state index contributed by atoms with van der Waals surface area (Å²) in [5.41, 5.74) is 5.55. The molecule has 0 aromatic rings. The summed E-state index contributed by atoms with van der Waals surface area (Å²) in [6, 6.07) is 0.287. The molecule has 0 radical (unpaired) electrons. The van der Waals surface area contributed by atoms with Crippen molar-refractivity contribution in [3.63, 3.8) is 0 Å². The van der Waals surface area contributed by atoms with Gasteiger partial charge in [-0.1, -0.05) is 19.1 Å². The first kappa shape index (κ1) is 8.94. The van der Waals surface area contributed by atoms with Crippen LogP contribution < -0.4 is 5.73 Å². The lowest BCUT2D eigenvalue weighted by molar-refractivity contribution is 0.306. The molecule has 2 nitrogen and oxygen atoms in total. The van der Waals surface area contributed by atoms with Crippen molar-refractivity contribution < 1.29 is 0 Å². The minimum absolute atomic E-state index is 0.287. The van der Waals surface area contributed by atoms with E-state index in [1.165, 1.54) is 6.42 Å². The van der Waals surface area contributed by atoms with Crippen molar-refractivity contribution in [2.24, 2.45) is 11.7 Å². The highest BCUT2D eigenvalue weighted by Gasteiger charge is 2.23. The molecule has 0 amide bonds. The number of thiocarbonyl (C=S) groups is 1. The zero-order valence-corrected chi connectivity index (χ0v) is 8.03. The van der Waals surface area contributed by atoms with Gasteiger partial charge in [-0.15, -0.1) is 0 Å². The van der Waals surface area contributed by atoms with Crippen LogP contribution in [0.25, 0.3) is 0 Å². The highest BCUT2D eigenvalue weighted by Crippen LogP contribution is 2.17. The van der Waals surface area contributed by atoms with Crippen LogP contribution in [0.2, 0.25) is 0 Å². The summed E-state index contributed by atoms with van der Waals surface area (Å²) in [6.45, 7) is 6.66. The molecule has 1 heterocycles. The van der Waals surface area contributed by atoms with E-state index >= 15 is 0 Å². The third-order valence-corrected chi connectivity index (χ3v) is 2.76. The maximum absolute atomic E-state index is 5.55. The molecular weight excluding hydrogens is 156 g/mol. The fourth-order valence-electron chi connectivity index (χ4n) is 1.50. The molecule has 3 heteroatoms. The molecule has 0 bridgehead atoms. The molecule has 11 heavy (non-hydrogen) atoms. The summed E-state index contributed by atoms with van der Waals surface area (Å²) in [7, 11) is 0. The summed E-state index contributed by atoms with van der Waals surface area (Å²) in [5.74, 6) is 0.812. The van der Waals surface area contributed by atoms with Crippen molar-refractivity contribution >= 4 is 17.2 Å². The number of nitrogens with two attached hydrogens (primary N) is 1. The Morgan fingerprint density at radius 1 is 1.73 bits per heavy atom. The first-order valence-corrected chi connectivity index (χ1v) is 4.55. The zero-order valence-electron chi connectivity index (χ0n) is 7.21. The first-order valence-electron chi connectivity index (χ1n) is 4.14. The number of hydrogen-bond acceptors (Lipinski definition) is 2. The fraction of sp³-hybridized carbons (Fsp3) is 0.875. The molecule has 0 aromatic heterocycles. The van der Waals surface area contributed by atoms with Crippen LogP contribution >= 0.6 is 12.2 Å². The van der Waals surface area contributed by atoms with E-state index < -0.39 is 0 Å². The normalized spacial score (nSPS) is 28.7. The Morgan fingerprint density at radius 2 is 2.36 bits per heavy atom. The Balaban J connectivity index is 2.43. The molecule has 1 rings (SSSR count). The second-order valence-electron chi connectivity index (χ2n) is 3.47. The van der Waals surface area contributed by atoms with Crippen LogP contribution in [0.3, 0.4) is 0 Å². The molecule has 2 N–H and O–H groups in total. The van der Waals surface area contributed by atoms with Gasteiger partial charge < -0.3 is 5.73 Å². The summed E-state index contributed by atoms with van der Waals surface area (Å²) in [5, 5.41) is 0. The molecule has 1 fully saturated rings. The summed E-state index contributed by atoms with van der Waals surface area (Å²) in [4.78, 5) is 2.98. The average molecular weight is 172 g/mol. The van der Waals surface area contributed by atoms with Crippen LogP contribution in [0, 0.1) is 5.92 Å². The number of nitrogens with zero attached hydrogens (tertiary/aromatic N) is 1. The second kappa shape index (κ2) is 3.50. The minimum atomic E-state index is 0.287. The van der Waals surface area contributed by atoms with E-state index in [1.807, 2.05) is 0 Å². The SMILES string of the molecule is CC1CCN(C(C)C(N)=S)C1. The van der Waals surface area contributed by atoms with E-state index in [0.29, 0.717) is 4.99 Å². The Bertz CT molecular complexity index is 158. The van der Waals surface area contributed by atoms with Gasteiger partial charge in [-0.25, -0.2) is 0 Å². The van der Waals surface area contributed by atoms with E-state index in [4.69, 9.17) is 18.0 Å². The molecule has 1 aliphatic heterocycles. The molecule has 64 valence electrons. The van der Waals surface area contributed by atoms with E-state index in [9.17, 15) is 0 Å². The fourth-order valence-corrected chi connectivity index (χ4v) is 1.65. The van der Waals surface area contributed by atoms with Crippen LogP contribution in [0.1, 0.15) is 20.3 Å². The quantitative estimate of drug-likeness (QED) is 0.630. The van der Waals surface area contributed by atoms with Crippen LogP contribution in [0.5, 0.6) is 0 Å². The van der Waals surface area contributed by atoms with E-state index in [1.54, 1.807) is 0 Å². The van der Waals surface area contributed by atoms with Gasteiger partial charge in [0.15, 0.2) is 0 Å². The number of hydrogen-bond donors (Lipinski definition) is 1. The standard InChI is InChI=1S/C8H16N2S/c1-6-3-4-10(5-6)7(2)8(9)11/h6-7H,3-5H2,1-2H3,(H2,9,11). The summed E-state index contributed by atoms with van der Waals surface area (Å²) >= 11 is 4.93. The van der Waals surface area contributed by atoms with Gasteiger partial charge in [-0.05, 0) is 25.8 Å². The third kappa shape index (κ3) is 2.14. The lowest BCUT2D eigenvalue weighted by Gasteiger charge is -2.22. The van der Waals surface area contributed by atoms with Crippen molar-refractivity contribution in [3.05, 3.63) is 0 Å². The Labute approximate surface area is 73.7 Å². The van der Waals surface area contributed by atoms with Crippen LogP contribution in [-0.4, -0.2) is 29.0 Å². The van der Waals surface area contributed by atoms with Gasteiger partial charge in [0.05, 0.1) is 11.0 Å². The highest BCUT2D eigenvalue weighted by atomic mass is 32.1. The smallest absolute Gasteiger partial charge is 0.0899 e. The molecule has 0 aliphatic carbocycles. The topological polar surface area (TPSA) is 29.3 Å². The van der Waals surface area contributed by atoms with E-state index in [2.05, 4.69) is 18.7 Å². The van der Waals surface area contributed by atoms with E-state index in [-0.39, 0.29) is 6.04 Å². The molecule has 0 aromatic carbocycles. The van der Waals surface area contributed by atoms with Gasteiger partial charge in [0.1, 0.15) is 0 Å². The molecule has 1 saturated heterocycles. The maximum atomic E-state index is 5.55. The van der Waals surface area contributed by atoms with Crippen molar-refractivity contribution in [2.45, 2.75) is 26.3 Å². The molecule has 0 spiro atoms. The molecule has 2 atom stereocenters. The van der Waals surface area contributed by atoms with Gasteiger partial charge in [0.2, 0.25) is 0 Å². The molecule has 1 aliphatic rings. The van der Waals surface area contributed by atoms with Crippen molar-refractivity contribution in [1.82, 2.24) is 4.90 Å². The lowest BCUT2D eigenvalue weighted by Crippen LogP contribution is -2.40. The monoisotopic (exact) mass is 172 g/mol. The molecule has 0 saturated carbocycles. The lowest BCUT2D eigenvalue weighted by atomic mass is 10.2. The predicted octanol–water partition coefficient (Wildman–Crippen LogP) is 1.00. The largest absolute Gasteiger partial charge is 0.392 e. The maximum Gasteiger partial charge on any atom is 0.0899 e.